The average molecular weight is 455 g/mol. The van der Waals surface area contributed by atoms with Gasteiger partial charge in [0.05, 0.1) is 18.2 Å². The lowest BCUT2D eigenvalue weighted by Crippen LogP contribution is -2.55. The van der Waals surface area contributed by atoms with Gasteiger partial charge in [0.25, 0.3) is 17.7 Å². The number of fused-ring (bicyclic) bond motifs is 2. The van der Waals surface area contributed by atoms with Gasteiger partial charge in [-0.15, -0.1) is 0 Å². The first-order chi connectivity index (χ1) is 16.5. The molecule has 0 radical (unpaired) electrons. The minimum Gasteiger partial charge on any atom is -0.497 e. The Labute approximate surface area is 198 Å². The van der Waals surface area contributed by atoms with Crippen molar-refractivity contribution < 1.29 is 19.1 Å². The molecule has 0 saturated heterocycles. The van der Waals surface area contributed by atoms with E-state index >= 15 is 0 Å². The first-order valence-electron chi connectivity index (χ1n) is 11.5. The highest BCUT2D eigenvalue weighted by atomic mass is 16.5. The maximum atomic E-state index is 14.2. The molecule has 2 atom stereocenters. The molecular formula is C28H26N2O4. The number of anilines is 1. The van der Waals surface area contributed by atoms with Crippen molar-refractivity contribution in [1.29, 1.82) is 0 Å². The van der Waals surface area contributed by atoms with Crippen molar-refractivity contribution in [3.05, 3.63) is 95.1 Å². The number of ether oxygens (including phenoxy) is 1. The highest BCUT2D eigenvalue weighted by molar-refractivity contribution is 6.23. The molecule has 0 unspecified atom stereocenters. The second-order valence-electron chi connectivity index (χ2n) is 8.82. The van der Waals surface area contributed by atoms with E-state index in [0.717, 1.165) is 34.6 Å². The molecule has 0 N–H and O–H groups in total. The fraction of sp³-hybridized carbons (Fsp3) is 0.250. The first-order valence-corrected chi connectivity index (χ1v) is 11.5. The van der Waals surface area contributed by atoms with Gasteiger partial charge in [0, 0.05) is 18.2 Å². The monoisotopic (exact) mass is 454 g/mol. The third-order valence-corrected chi connectivity index (χ3v) is 6.77. The number of benzene rings is 3. The van der Waals surface area contributed by atoms with E-state index in [4.69, 9.17) is 4.74 Å². The Morgan fingerprint density at radius 1 is 0.941 bits per heavy atom. The van der Waals surface area contributed by atoms with Gasteiger partial charge in [0.2, 0.25) is 0 Å². The Bertz CT molecular complexity index is 1230. The largest absolute Gasteiger partial charge is 0.497 e. The smallest absolute Gasteiger partial charge is 0.262 e. The van der Waals surface area contributed by atoms with E-state index in [0.29, 0.717) is 16.9 Å². The lowest BCUT2D eigenvalue weighted by Gasteiger charge is -2.39. The molecule has 2 aliphatic heterocycles. The number of carbonyl (C=O) groups excluding carboxylic acids is 3. The van der Waals surface area contributed by atoms with Crippen molar-refractivity contribution in [1.82, 2.24) is 4.90 Å². The van der Waals surface area contributed by atoms with Gasteiger partial charge in [-0.1, -0.05) is 42.5 Å². The molecule has 6 heteroatoms. The number of hydrogen-bond donors (Lipinski definition) is 0. The Hall–Kier alpha value is -3.93. The molecule has 0 spiro atoms. The van der Waals surface area contributed by atoms with Gasteiger partial charge in [0.15, 0.2) is 0 Å². The second kappa shape index (κ2) is 8.78. The fourth-order valence-corrected chi connectivity index (χ4v) is 4.95. The summed E-state index contributed by atoms with van der Waals surface area (Å²) in [5.41, 5.74) is 3.47. The summed E-state index contributed by atoms with van der Waals surface area (Å²) in [5.74, 6) is -0.397. The predicted octanol–water partition coefficient (Wildman–Crippen LogP) is 4.27. The molecule has 0 fully saturated rings. The summed E-state index contributed by atoms with van der Waals surface area (Å²) in [4.78, 5) is 43.8. The minimum atomic E-state index is -0.964. The van der Waals surface area contributed by atoms with E-state index in [1.807, 2.05) is 55.5 Å². The summed E-state index contributed by atoms with van der Waals surface area (Å²) >= 11 is 0. The van der Waals surface area contributed by atoms with E-state index in [-0.39, 0.29) is 18.4 Å². The average Bonchev–Trinajstić information content (AvgIpc) is 3.12. The van der Waals surface area contributed by atoms with Crippen LogP contribution in [0.5, 0.6) is 5.75 Å². The van der Waals surface area contributed by atoms with Crippen molar-refractivity contribution >= 4 is 23.4 Å². The van der Waals surface area contributed by atoms with Crippen molar-refractivity contribution in [2.75, 3.05) is 12.0 Å². The number of nitrogens with zero attached hydrogens (tertiary/aromatic N) is 2. The van der Waals surface area contributed by atoms with Crippen LogP contribution in [0.15, 0.2) is 72.8 Å². The summed E-state index contributed by atoms with van der Waals surface area (Å²) in [6, 6.07) is 21.0. The number of methoxy groups -OCH3 is 1. The molecule has 34 heavy (non-hydrogen) atoms. The Balaban J connectivity index is 1.57. The second-order valence-corrected chi connectivity index (χ2v) is 8.82. The molecule has 2 aliphatic rings. The lowest BCUT2D eigenvalue weighted by atomic mass is 9.94. The standard InChI is InChI=1S/C28H26N2O4/c1-18-11-14-20-7-3-6-10-24(20)29(18)28(33)25(17-19-12-15-21(34-2)16-13-19)30-26(31)22-8-4-5-9-23(22)27(30)32/h3-10,12-13,15-16,18,25H,11,14,17H2,1-2H3/t18-,25-/m0/s1. The van der Waals surface area contributed by atoms with Crippen LogP contribution in [-0.2, 0) is 17.6 Å². The molecule has 172 valence electrons. The van der Waals surface area contributed by atoms with Gasteiger partial charge in [0.1, 0.15) is 11.8 Å². The summed E-state index contributed by atoms with van der Waals surface area (Å²) in [7, 11) is 1.59. The van der Waals surface area contributed by atoms with Crippen LogP contribution in [-0.4, -0.2) is 41.8 Å². The van der Waals surface area contributed by atoms with Crippen molar-refractivity contribution in [2.45, 2.75) is 38.3 Å². The van der Waals surface area contributed by atoms with E-state index < -0.39 is 17.9 Å². The fourth-order valence-electron chi connectivity index (χ4n) is 4.95. The van der Waals surface area contributed by atoms with Crippen molar-refractivity contribution in [2.24, 2.45) is 0 Å². The zero-order valence-corrected chi connectivity index (χ0v) is 19.2. The Morgan fingerprint density at radius 3 is 2.21 bits per heavy atom. The number of amides is 3. The number of hydrogen-bond acceptors (Lipinski definition) is 4. The minimum absolute atomic E-state index is 0.0454. The number of rotatable bonds is 5. The van der Waals surface area contributed by atoms with E-state index in [2.05, 4.69) is 0 Å². The molecule has 3 amide bonds. The van der Waals surface area contributed by atoms with Gasteiger partial charge in [-0.3, -0.25) is 19.3 Å². The lowest BCUT2D eigenvalue weighted by molar-refractivity contribution is -0.123. The summed E-state index contributed by atoms with van der Waals surface area (Å²) < 4.78 is 5.25. The highest BCUT2D eigenvalue weighted by Gasteiger charge is 2.45. The molecule has 3 aromatic rings. The number of para-hydroxylation sites is 1. The maximum absolute atomic E-state index is 14.2. The molecule has 5 rings (SSSR count). The van der Waals surface area contributed by atoms with E-state index in [1.54, 1.807) is 36.3 Å². The van der Waals surface area contributed by atoms with Crippen LogP contribution in [0.3, 0.4) is 0 Å². The van der Waals surface area contributed by atoms with Crippen molar-refractivity contribution in [3.8, 4) is 5.75 Å². The van der Waals surface area contributed by atoms with Crippen LogP contribution in [0.4, 0.5) is 5.69 Å². The van der Waals surface area contributed by atoms with Gasteiger partial charge in [-0.2, -0.15) is 0 Å². The Morgan fingerprint density at radius 2 is 1.56 bits per heavy atom. The topological polar surface area (TPSA) is 66.9 Å². The van der Waals surface area contributed by atoms with E-state index in [1.165, 1.54) is 0 Å². The normalized spacial score (nSPS) is 17.9. The number of aryl methyl sites for hydroxylation is 1. The van der Waals surface area contributed by atoms with Crippen LogP contribution in [0.2, 0.25) is 0 Å². The van der Waals surface area contributed by atoms with Crippen LogP contribution < -0.4 is 9.64 Å². The summed E-state index contributed by atoms with van der Waals surface area (Å²) in [6.45, 7) is 2.01. The summed E-state index contributed by atoms with van der Waals surface area (Å²) in [6.07, 6.45) is 1.93. The van der Waals surface area contributed by atoms with Gasteiger partial charge < -0.3 is 9.64 Å². The van der Waals surface area contributed by atoms with Crippen LogP contribution in [0, 0.1) is 0 Å². The molecule has 0 aliphatic carbocycles. The van der Waals surface area contributed by atoms with Crippen LogP contribution in [0.1, 0.15) is 45.2 Å². The molecule has 0 aromatic heterocycles. The Kier molecular flexibility index (Phi) is 5.65. The molecule has 0 bridgehead atoms. The van der Waals surface area contributed by atoms with Gasteiger partial charge >= 0.3 is 0 Å². The maximum Gasteiger partial charge on any atom is 0.262 e. The predicted molar refractivity (Wildman–Crippen MR) is 129 cm³/mol. The van der Waals surface area contributed by atoms with E-state index in [9.17, 15) is 14.4 Å². The van der Waals surface area contributed by atoms with Crippen LogP contribution >= 0.6 is 0 Å². The van der Waals surface area contributed by atoms with Crippen molar-refractivity contribution in [3.63, 3.8) is 0 Å². The third-order valence-electron chi connectivity index (χ3n) is 6.77. The zero-order chi connectivity index (χ0) is 23.8. The molecule has 3 aromatic carbocycles. The molecule has 6 nitrogen and oxygen atoms in total. The molecule has 2 heterocycles. The molecule has 0 saturated carbocycles. The number of carbonyl (C=O) groups is 3. The SMILES string of the molecule is COc1ccc(C[C@@H](C(=O)N2c3ccccc3CC[C@@H]2C)N2C(=O)c3ccccc3C2=O)cc1. The number of imide groups is 1. The highest BCUT2D eigenvalue weighted by Crippen LogP contribution is 2.34. The first kappa shape index (κ1) is 21.9. The molecular weight excluding hydrogens is 428 g/mol. The third kappa shape index (κ3) is 3.65. The zero-order valence-electron chi connectivity index (χ0n) is 19.2. The van der Waals surface area contributed by atoms with Gasteiger partial charge in [-0.05, 0) is 61.2 Å². The van der Waals surface area contributed by atoms with Crippen LogP contribution in [0.25, 0.3) is 0 Å². The summed E-state index contributed by atoms with van der Waals surface area (Å²) in [5, 5.41) is 0. The quantitative estimate of drug-likeness (QED) is 0.540. The van der Waals surface area contributed by atoms with Gasteiger partial charge in [-0.25, -0.2) is 0 Å².